The molecule has 0 atom stereocenters. The number of aromatic nitrogens is 2. The Balaban J connectivity index is 2.12. The van der Waals surface area contributed by atoms with Crippen molar-refractivity contribution < 1.29 is 17.2 Å². The Labute approximate surface area is 120 Å². The Morgan fingerprint density at radius 2 is 2.10 bits per heavy atom. The third-order valence-corrected chi connectivity index (χ3v) is 4.23. The average molecular weight is 316 g/mol. The zero-order valence-corrected chi connectivity index (χ0v) is 12.0. The number of anilines is 1. The van der Waals surface area contributed by atoms with Crippen LogP contribution in [0.3, 0.4) is 0 Å². The lowest BCUT2D eigenvalue weighted by molar-refractivity contribution is 0.484. The highest BCUT2D eigenvalue weighted by Crippen LogP contribution is 2.20. The van der Waals surface area contributed by atoms with Gasteiger partial charge >= 0.3 is 0 Å². The highest BCUT2D eigenvalue weighted by molar-refractivity contribution is 7.89. The van der Waals surface area contributed by atoms with Gasteiger partial charge in [-0.15, -0.1) is 0 Å². The maximum absolute atomic E-state index is 13.6. The minimum Gasteiger partial charge on any atom is -0.399 e. The number of rotatable bonds is 5. The maximum atomic E-state index is 13.6. The van der Waals surface area contributed by atoms with Gasteiger partial charge in [0.1, 0.15) is 4.90 Å². The molecule has 2 rings (SSSR count). The Morgan fingerprint density at radius 1 is 1.38 bits per heavy atom. The van der Waals surface area contributed by atoms with Crippen LogP contribution >= 0.6 is 0 Å². The fraction of sp³-hybridized carbons (Fsp3) is 0.250. The number of hydrogen-bond donors (Lipinski definition) is 2. The van der Waals surface area contributed by atoms with Gasteiger partial charge in [0.25, 0.3) is 0 Å². The normalized spacial score (nSPS) is 11.8. The standard InChI is InChI=1S/C12H14F2N4O2S/c1-18-7-8(6-16-18)2-3-17-21(19,20)11-5-9(15)4-10(13)12(11)14/h4-7,17H,2-3,15H2,1H3. The molecule has 0 amide bonds. The smallest absolute Gasteiger partial charge is 0.243 e. The number of benzene rings is 1. The van der Waals surface area contributed by atoms with Crippen molar-refractivity contribution in [2.45, 2.75) is 11.3 Å². The predicted molar refractivity (Wildman–Crippen MR) is 72.9 cm³/mol. The van der Waals surface area contributed by atoms with Gasteiger partial charge in [-0.05, 0) is 24.1 Å². The van der Waals surface area contributed by atoms with E-state index < -0.39 is 26.6 Å². The minimum atomic E-state index is -4.17. The quantitative estimate of drug-likeness (QED) is 0.799. The van der Waals surface area contributed by atoms with Crippen molar-refractivity contribution in [3.05, 3.63) is 41.7 Å². The van der Waals surface area contributed by atoms with Crippen molar-refractivity contribution in [3.63, 3.8) is 0 Å². The summed E-state index contributed by atoms with van der Waals surface area (Å²) in [5, 5.41) is 3.94. The van der Waals surface area contributed by atoms with Gasteiger partial charge in [-0.2, -0.15) is 5.10 Å². The first-order valence-corrected chi connectivity index (χ1v) is 7.49. The van der Waals surface area contributed by atoms with E-state index in [0.717, 1.165) is 17.7 Å². The monoisotopic (exact) mass is 316 g/mol. The van der Waals surface area contributed by atoms with Crippen LogP contribution in [0.25, 0.3) is 0 Å². The van der Waals surface area contributed by atoms with E-state index in [1.807, 2.05) is 0 Å². The second kappa shape index (κ2) is 5.78. The molecule has 0 bridgehead atoms. The number of sulfonamides is 1. The molecule has 6 nitrogen and oxygen atoms in total. The lowest BCUT2D eigenvalue weighted by atomic mass is 10.3. The lowest BCUT2D eigenvalue weighted by Crippen LogP contribution is -2.27. The molecular formula is C12H14F2N4O2S. The second-order valence-electron chi connectivity index (χ2n) is 4.48. The Morgan fingerprint density at radius 3 is 2.71 bits per heavy atom. The Bertz CT molecular complexity index is 759. The van der Waals surface area contributed by atoms with Crippen molar-refractivity contribution in [2.24, 2.45) is 7.05 Å². The highest BCUT2D eigenvalue weighted by atomic mass is 32.2. The molecule has 0 aliphatic rings. The van der Waals surface area contributed by atoms with Gasteiger partial charge in [-0.25, -0.2) is 21.9 Å². The summed E-state index contributed by atoms with van der Waals surface area (Å²) in [5.74, 6) is -2.75. The molecule has 0 aliphatic carbocycles. The lowest BCUT2D eigenvalue weighted by Gasteiger charge is -2.08. The number of nitrogen functional groups attached to an aromatic ring is 1. The van der Waals surface area contributed by atoms with Crippen LogP contribution in [0.2, 0.25) is 0 Å². The second-order valence-corrected chi connectivity index (χ2v) is 6.22. The molecule has 0 unspecified atom stereocenters. The summed E-state index contributed by atoms with van der Waals surface area (Å²) in [6.07, 6.45) is 3.70. The average Bonchev–Trinajstić information content (AvgIpc) is 2.79. The van der Waals surface area contributed by atoms with E-state index >= 15 is 0 Å². The molecule has 0 saturated carbocycles. The Hall–Kier alpha value is -2.00. The van der Waals surface area contributed by atoms with Crippen molar-refractivity contribution in [1.82, 2.24) is 14.5 Å². The highest BCUT2D eigenvalue weighted by Gasteiger charge is 2.22. The Kier molecular flexibility index (Phi) is 4.24. The van der Waals surface area contributed by atoms with Gasteiger partial charge in [-0.1, -0.05) is 0 Å². The van der Waals surface area contributed by atoms with E-state index in [1.54, 1.807) is 24.1 Å². The van der Waals surface area contributed by atoms with E-state index in [-0.39, 0.29) is 12.2 Å². The topological polar surface area (TPSA) is 90.0 Å². The summed E-state index contributed by atoms with van der Waals surface area (Å²) in [4.78, 5) is -0.800. The third-order valence-electron chi connectivity index (χ3n) is 2.77. The number of nitrogens with zero attached hydrogens (tertiary/aromatic N) is 2. The summed E-state index contributed by atoms with van der Waals surface area (Å²) in [7, 11) is -2.44. The van der Waals surface area contributed by atoms with Crippen LogP contribution in [0.4, 0.5) is 14.5 Å². The third kappa shape index (κ3) is 3.56. The number of nitrogens with two attached hydrogens (primary N) is 1. The van der Waals surface area contributed by atoms with Gasteiger partial charge in [0.05, 0.1) is 6.20 Å². The molecule has 114 valence electrons. The summed E-state index contributed by atoms with van der Waals surface area (Å²) < 4.78 is 54.5. The molecule has 3 N–H and O–H groups in total. The van der Waals surface area contributed by atoms with E-state index in [0.29, 0.717) is 6.42 Å². The number of hydrogen-bond acceptors (Lipinski definition) is 4. The molecule has 0 aliphatic heterocycles. The molecule has 0 saturated heterocycles. The molecule has 1 aromatic heterocycles. The van der Waals surface area contributed by atoms with Crippen molar-refractivity contribution >= 4 is 15.7 Å². The SMILES string of the molecule is Cn1cc(CCNS(=O)(=O)c2cc(N)cc(F)c2F)cn1. The summed E-state index contributed by atoms with van der Waals surface area (Å²) in [6.45, 7) is 0.0316. The number of halogens is 2. The molecule has 9 heteroatoms. The number of aryl methyl sites for hydroxylation is 1. The fourth-order valence-corrected chi connectivity index (χ4v) is 2.94. The number of nitrogens with one attached hydrogen (secondary N) is 1. The van der Waals surface area contributed by atoms with E-state index in [2.05, 4.69) is 9.82 Å². The van der Waals surface area contributed by atoms with Gasteiger partial charge < -0.3 is 5.73 Å². The minimum absolute atomic E-state index is 0.0316. The van der Waals surface area contributed by atoms with Gasteiger partial charge in [0.2, 0.25) is 10.0 Å². The molecule has 1 heterocycles. The molecule has 2 aromatic rings. The van der Waals surface area contributed by atoms with Crippen LogP contribution in [0, 0.1) is 11.6 Å². The van der Waals surface area contributed by atoms with E-state index in [1.165, 1.54) is 0 Å². The van der Waals surface area contributed by atoms with E-state index in [9.17, 15) is 17.2 Å². The van der Waals surface area contributed by atoms with Crippen molar-refractivity contribution in [3.8, 4) is 0 Å². The largest absolute Gasteiger partial charge is 0.399 e. The molecule has 0 fully saturated rings. The first-order valence-electron chi connectivity index (χ1n) is 6.01. The molecule has 0 radical (unpaired) electrons. The van der Waals surface area contributed by atoms with Gasteiger partial charge in [-0.3, -0.25) is 4.68 Å². The van der Waals surface area contributed by atoms with Crippen LogP contribution in [-0.2, 0) is 23.5 Å². The molecular weight excluding hydrogens is 302 g/mol. The molecule has 21 heavy (non-hydrogen) atoms. The maximum Gasteiger partial charge on any atom is 0.243 e. The van der Waals surface area contributed by atoms with Crippen molar-refractivity contribution in [1.29, 1.82) is 0 Å². The predicted octanol–water partition coefficient (Wildman–Crippen LogP) is 0.802. The van der Waals surface area contributed by atoms with E-state index in [4.69, 9.17) is 5.73 Å². The van der Waals surface area contributed by atoms with Crippen LogP contribution < -0.4 is 10.5 Å². The summed E-state index contributed by atoms with van der Waals surface area (Å²) >= 11 is 0. The fourth-order valence-electron chi connectivity index (χ4n) is 1.79. The molecule has 1 aromatic carbocycles. The van der Waals surface area contributed by atoms with Crippen LogP contribution in [0.5, 0.6) is 0 Å². The summed E-state index contributed by atoms with van der Waals surface area (Å²) in [6, 6.07) is 1.61. The van der Waals surface area contributed by atoms with Gasteiger partial charge in [0.15, 0.2) is 11.6 Å². The van der Waals surface area contributed by atoms with Crippen LogP contribution in [-0.4, -0.2) is 24.7 Å². The molecule has 0 spiro atoms. The zero-order chi connectivity index (χ0) is 15.6. The first-order chi connectivity index (χ1) is 9.79. The van der Waals surface area contributed by atoms with Crippen molar-refractivity contribution in [2.75, 3.05) is 12.3 Å². The zero-order valence-electron chi connectivity index (χ0n) is 11.2. The summed E-state index contributed by atoms with van der Waals surface area (Å²) in [5.41, 5.74) is 5.99. The van der Waals surface area contributed by atoms with Crippen LogP contribution in [0.15, 0.2) is 29.4 Å². The van der Waals surface area contributed by atoms with Crippen LogP contribution in [0.1, 0.15) is 5.56 Å². The first kappa shape index (κ1) is 15.4. The van der Waals surface area contributed by atoms with Gasteiger partial charge in [0, 0.05) is 25.5 Å².